The van der Waals surface area contributed by atoms with Crippen molar-refractivity contribution in [2.45, 2.75) is 12.1 Å². The molecule has 0 spiro atoms. The fourth-order valence-electron chi connectivity index (χ4n) is 3.40. The van der Waals surface area contributed by atoms with Crippen LogP contribution in [0.1, 0.15) is 10.4 Å². The van der Waals surface area contributed by atoms with Gasteiger partial charge in [-0.3, -0.25) is 9.69 Å². The summed E-state index contributed by atoms with van der Waals surface area (Å²) in [6.07, 6.45) is -0.607. The minimum absolute atomic E-state index is 0.0322. The Balaban J connectivity index is 1.83. The summed E-state index contributed by atoms with van der Waals surface area (Å²) in [6.45, 7) is 1.27. The van der Waals surface area contributed by atoms with Gasteiger partial charge in [0.15, 0.2) is 0 Å². The van der Waals surface area contributed by atoms with Gasteiger partial charge in [0.25, 0.3) is 5.91 Å². The molecule has 0 aliphatic carbocycles. The molecular weight excluding hydrogens is 316 g/mol. The van der Waals surface area contributed by atoms with Crippen molar-refractivity contribution in [3.8, 4) is 11.1 Å². The average molecular weight is 340 g/mol. The van der Waals surface area contributed by atoms with Gasteiger partial charge in [0.05, 0.1) is 18.8 Å². The second-order valence-electron chi connectivity index (χ2n) is 6.46. The number of likely N-dealkylation sites (tertiary alicyclic amines) is 1. The monoisotopic (exact) mass is 340 g/mol. The summed E-state index contributed by atoms with van der Waals surface area (Å²) in [7, 11) is 1.86. The Morgan fingerprint density at radius 1 is 1.12 bits per heavy atom. The molecule has 2 aromatic carbocycles. The Hall–Kier alpha value is -2.21. The molecule has 2 aromatic rings. The van der Waals surface area contributed by atoms with Gasteiger partial charge in [-0.05, 0) is 24.2 Å². The molecule has 0 aromatic heterocycles. The fraction of sp³-hybridized carbons (Fsp3) is 0.350. The highest BCUT2D eigenvalue weighted by atomic mass is 16.3. The Labute approximate surface area is 148 Å². The smallest absolute Gasteiger partial charge is 0.254 e. The molecule has 1 heterocycles. The zero-order valence-corrected chi connectivity index (χ0v) is 14.4. The van der Waals surface area contributed by atoms with Crippen molar-refractivity contribution in [1.82, 2.24) is 9.80 Å². The maximum atomic E-state index is 13.1. The summed E-state index contributed by atoms with van der Waals surface area (Å²) in [5.74, 6) is -0.0709. The Bertz CT molecular complexity index is 720. The number of carbonyl (C=O) groups is 1. The van der Waals surface area contributed by atoms with E-state index in [0.29, 0.717) is 25.2 Å². The van der Waals surface area contributed by atoms with Gasteiger partial charge in [-0.15, -0.1) is 0 Å². The zero-order chi connectivity index (χ0) is 17.8. The topological polar surface area (TPSA) is 64.0 Å². The number of amides is 1. The first-order chi connectivity index (χ1) is 12.1. The van der Waals surface area contributed by atoms with Gasteiger partial charge in [0.1, 0.15) is 0 Å². The highest BCUT2D eigenvalue weighted by molar-refractivity contribution is 6.01. The van der Waals surface area contributed by atoms with Gasteiger partial charge in [0, 0.05) is 25.2 Å². The molecule has 0 unspecified atom stereocenters. The number of aliphatic hydroxyl groups excluding tert-OH is 2. The third-order valence-corrected chi connectivity index (χ3v) is 4.81. The van der Waals surface area contributed by atoms with E-state index >= 15 is 0 Å². The lowest BCUT2D eigenvalue weighted by molar-refractivity contribution is 0.0762. The van der Waals surface area contributed by atoms with Gasteiger partial charge in [-0.2, -0.15) is 0 Å². The molecule has 1 fully saturated rings. The number of nitrogens with zero attached hydrogens (tertiary/aromatic N) is 2. The molecular formula is C20H24N2O3. The van der Waals surface area contributed by atoms with E-state index in [1.807, 2.05) is 66.5 Å². The van der Waals surface area contributed by atoms with Gasteiger partial charge >= 0.3 is 0 Å². The highest BCUT2D eigenvalue weighted by Crippen LogP contribution is 2.26. The molecule has 1 aliphatic heterocycles. The van der Waals surface area contributed by atoms with E-state index in [4.69, 9.17) is 5.11 Å². The van der Waals surface area contributed by atoms with Gasteiger partial charge in [0.2, 0.25) is 0 Å². The molecule has 1 aliphatic rings. The lowest BCUT2D eigenvalue weighted by atomic mass is 9.99. The van der Waals surface area contributed by atoms with Crippen molar-refractivity contribution in [3.63, 3.8) is 0 Å². The number of benzene rings is 2. The van der Waals surface area contributed by atoms with Crippen LogP contribution >= 0.6 is 0 Å². The molecule has 5 heteroatoms. The standard InChI is InChI=1S/C20H24N2O3/c1-21(11-12-23)18-13-22(14-19(18)24)20(25)17-10-6-5-9-16(17)15-7-3-2-4-8-15/h2-10,18-19,23-24H,11-14H2,1H3/t18-,19-/m0/s1. The van der Waals surface area contributed by atoms with E-state index in [9.17, 15) is 9.90 Å². The summed E-state index contributed by atoms with van der Waals surface area (Å²) in [4.78, 5) is 16.7. The van der Waals surface area contributed by atoms with E-state index in [0.717, 1.165) is 11.1 Å². The maximum absolute atomic E-state index is 13.1. The molecule has 5 nitrogen and oxygen atoms in total. The quantitative estimate of drug-likeness (QED) is 0.865. The van der Waals surface area contributed by atoms with E-state index in [1.165, 1.54) is 0 Å². The first-order valence-corrected chi connectivity index (χ1v) is 8.54. The van der Waals surface area contributed by atoms with E-state index in [-0.39, 0.29) is 18.6 Å². The number of likely N-dealkylation sites (N-methyl/N-ethyl adjacent to an activating group) is 1. The van der Waals surface area contributed by atoms with Gasteiger partial charge in [-0.25, -0.2) is 0 Å². The van der Waals surface area contributed by atoms with E-state index in [1.54, 1.807) is 4.90 Å². The second-order valence-corrected chi connectivity index (χ2v) is 6.46. The summed E-state index contributed by atoms with van der Waals surface area (Å²) in [5.41, 5.74) is 2.54. The summed E-state index contributed by atoms with van der Waals surface area (Å²) < 4.78 is 0. The number of hydrogen-bond acceptors (Lipinski definition) is 4. The van der Waals surface area contributed by atoms with Gasteiger partial charge < -0.3 is 15.1 Å². The lowest BCUT2D eigenvalue weighted by Gasteiger charge is -2.25. The van der Waals surface area contributed by atoms with Crippen LogP contribution in [0.2, 0.25) is 0 Å². The molecule has 1 amide bonds. The van der Waals surface area contributed by atoms with Crippen molar-refractivity contribution in [3.05, 3.63) is 60.2 Å². The molecule has 0 radical (unpaired) electrons. The molecule has 2 N–H and O–H groups in total. The number of carbonyl (C=O) groups excluding carboxylic acids is 1. The van der Waals surface area contributed by atoms with Crippen molar-refractivity contribution >= 4 is 5.91 Å². The number of aliphatic hydroxyl groups is 2. The molecule has 2 atom stereocenters. The van der Waals surface area contributed by atoms with Gasteiger partial charge in [-0.1, -0.05) is 48.5 Å². The minimum Gasteiger partial charge on any atom is -0.395 e. The van der Waals surface area contributed by atoms with Crippen LogP contribution in [-0.4, -0.2) is 71.4 Å². The minimum atomic E-state index is -0.607. The summed E-state index contributed by atoms with van der Waals surface area (Å²) in [6, 6.07) is 17.3. The number of β-amino-alcohol motifs (C(OH)–C–C–N with tert-alkyl or cyclic N) is 1. The van der Waals surface area contributed by atoms with Crippen LogP contribution in [0.25, 0.3) is 11.1 Å². The molecule has 1 saturated heterocycles. The van der Waals surface area contributed by atoms with E-state index in [2.05, 4.69) is 0 Å². The molecule has 3 rings (SSSR count). The molecule has 0 bridgehead atoms. The largest absolute Gasteiger partial charge is 0.395 e. The fourth-order valence-corrected chi connectivity index (χ4v) is 3.40. The Kier molecular flexibility index (Phi) is 5.48. The molecule has 0 saturated carbocycles. The number of rotatable bonds is 5. The van der Waals surface area contributed by atoms with Crippen LogP contribution in [0.15, 0.2) is 54.6 Å². The Morgan fingerprint density at radius 3 is 2.52 bits per heavy atom. The average Bonchev–Trinajstić information content (AvgIpc) is 3.04. The molecule has 132 valence electrons. The van der Waals surface area contributed by atoms with Crippen molar-refractivity contribution in [2.75, 3.05) is 33.3 Å². The summed E-state index contributed by atoms with van der Waals surface area (Å²) in [5, 5.41) is 19.4. The van der Waals surface area contributed by atoms with Crippen LogP contribution in [0, 0.1) is 0 Å². The van der Waals surface area contributed by atoms with Crippen LogP contribution in [0.3, 0.4) is 0 Å². The molecule has 25 heavy (non-hydrogen) atoms. The van der Waals surface area contributed by atoms with Crippen molar-refractivity contribution in [2.24, 2.45) is 0 Å². The highest BCUT2D eigenvalue weighted by Gasteiger charge is 2.36. The Morgan fingerprint density at radius 2 is 1.80 bits per heavy atom. The third kappa shape index (κ3) is 3.74. The normalized spacial score (nSPS) is 20.2. The number of hydrogen-bond donors (Lipinski definition) is 2. The SMILES string of the molecule is CN(CCO)[C@H]1CN(C(=O)c2ccccc2-c2ccccc2)C[C@@H]1O. The van der Waals surface area contributed by atoms with Crippen molar-refractivity contribution < 1.29 is 15.0 Å². The van der Waals surface area contributed by atoms with Crippen LogP contribution in [0.4, 0.5) is 0 Å². The summed E-state index contributed by atoms with van der Waals surface area (Å²) >= 11 is 0. The predicted molar refractivity (Wildman–Crippen MR) is 97.3 cm³/mol. The van der Waals surface area contributed by atoms with E-state index < -0.39 is 6.10 Å². The lowest BCUT2D eigenvalue weighted by Crippen LogP contribution is -2.42. The third-order valence-electron chi connectivity index (χ3n) is 4.81. The predicted octanol–water partition coefficient (Wildman–Crippen LogP) is 1.46. The van der Waals surface area contributed by atoms with Crippen LogP contribution < -0.4 is 0 Å². The second kappa shape index (κ2) is 7.78. The van der Waals surface area contributed by atoms with Crippen LogP contribution in [0.5, 0.6) is 0 Å². The first-order valence-electron chi connectivity index (χ1n) is 8.54. The maximum Gasteiger partial charge on any atom is 0.254 e. The van der Waals surface area contributed by atoms with Crippen LogP contribution in [-0.2, 0) is 0 Å². The first kappa shape index (κ1) is 17.6. The zero-order valence-electron chi connectivity index (χ0n) is 14.4. The van der Waals surface area contributed by atoms with Crippen molar-refractivity contribution in [1.29, 1.82) is 0 Å².